The Morgan fingerprint density at radius 1 is 1.28 bits per heavy atom. The number of carboxylic acid groups (broad SMARTS) is 1. The van der Waals surface area contributed by atoms with Crippen molar-refractivity contribution in [2.75, 3.05) is 19.6 Å². The Balaban J connectivity index is 2.37. The molecule has 0 radical (unpaired) electrons. The first kappa shape index (κ1) is 15.0. The summed E-state index contributed by atoms with van der Waals surface area (Å²) in [5.41, 5.74) is 0. The van der Waals surface area contributed by atoms with Crippen molar-refractivity contribution in [3.8, 4) is 0 Å². The van der Waals surface area contributed by atoms with E-state index < -0.39 is 5.97 Å². The van der Waals surface area contributed by atoms with Crippen molar-refractivity contribution in [2.45, 2.75) is 45.6 Å². The summed E-state index contributed by atoms with van der Waals surface area (Å²) in [5, 5.41) is 11.8. The molecule has 1 saturated carbocycles. The summed E-state index contributed by atoms with van der Waals surface area (Å²) < 4.78 is 0. The second-order valence-electron chi connectivity index (χ2n) is 5.09. The molecule has 5 heteroatoms. The number of nitrogens with zero attached hydrogens (tertiary/aromatic N) is 1. The topological polar surface area (TPSA) is 69.6 Å². The molecule has 1 aliphatic rings. The highest BCUT2D eigenvalue weighted by atomic mass is 16.4. The van der Waals surface area contributed by atoms with E-state index >= 15 is 0 Å². The molecular weight excluding hydrogens is 232 g/mol. The van der Waals surface area contributed by atoms with Crippen molar-refractivity contribution < 1.29 is 14.7 Å². The molecule has 5 nitrogen and oxygen atoms in total. The fourth-order valence-corrected chi connectivity index (χ4v) is 2.01. The molecule has 0 aromatic rings. The van der Waals surface area contributed by atoms with Crippen molar-refractivity contribution in [1.82, 2.24) is 10.2 Å². The molecule has 1 rings (SSSR count). The molecule has 0 spiro atoms. The summed E-state index contributed by atoms with van der Waals surface area (Å²) >= 11 is 0. The van der Waals surface area contributed by atoms with Crippen molar-refractivity contribution >= 4 is 11.9 Å². The Labute approximate surface area is 109 Å². The average molecular weight is 256 g/mol. The van der Waals surface area contributed by atoms with Crippen LogP contribution in [0.25, 0.3) is 0 Å². The van der Waals surface area contributed by atoms with Crippen LogP contribution in [0.4, 0.5) is 0 Å². The maximum absolute atomic E-state index is 11.8. The number of rotatable bonds is 9. The molecular formula is C13H24N2O3. The van der Waals surface area contributed by atoms with Gasteiger partial charge in [-0.1, -0.05) is 13.8 Å². The predicted molar refractivity (Wildman–Crippen MR) is 69.3 cm³/mol. The van der Waals surface area contributed by atoms with E-state index in [0.717, 1.165) is 32.2 Å². The second-order valence-corrected chi connectivity index (χ2v) is 5.09. The molecule has 0 bridgehead atoms. The molecule has 0 unspecified atom stereocenters. The van der Waals surface area contributed by atoms with Crippen molar-refractivity contribution in [1.29, 1.82) is 0 Å². The van der Waals surface area contributed by atoms with E-state index in [4.69, 9.17) is 5.11 Å². The lowest BCUT2D eigenvalue weighted by atomic mass is 10.2. The van der Waals surface area contributed by atoms with Gasteiger partial charge in [-0.2, -0.15) is 0 Å². The third-order valence-electron chi connectivity index (χ3n) is 3.29. The predicted octanol–water partition coefficient (Wildman–Crippen LogP) is 1.09. The number of carboxylic acids is 1. The van der Waals surface area contributed by atoms with Gasteiger partial charge in [0.25, 0.3) is 0 Å². The lowest BCUT2D eigenvalue weighted by Gasteiger charge is -2.21. The largest absolute Gasteiger partial charge is 0.480 e. The Kier molecular flexibility index (Phi) is 6.12. The zero-order chi connectivity index (χ0) is 13.5. The average Bonchev–Trinajstić information content (AvgIpc) is 3.08. The van der Waals surface area contributed by atoms with Crippen LogP contribution in [0.2, 0.25) is 0 Å². The van der Waals surface area contributed by atoms with Gasteiger partial charge in [0.15, 0.2) is 0 Å². The van der Waals surface area contributed by atoms with Gasteiger partial charge in [0.2, 0.25) is 5.91 Å². The molecule has 2 N–H and O–H groups in total. The third-order valence-corrected chi connectivity index (χ3v) is 3.29. The minimum atomic E-state index is -0.869. The van der Waals surface area contributed by atoms with Crippen molar-refractivity contribution in [3.63, 3.8) is 0 Å². The van der Waals surface area contributed by atoms with Crippen LogP contribution in [-0.4, -0.2) is 47.6 Å². The molecule has 1 fully saturated rings. The van der Waals surface area contributed by atoms with E-state index in [-0.39, 0.29) is 25.0 Å². The molecule has 104 valence electrons. The monoisotopic (exact) mass is 256 g/mol. The molecule has 0 aliphatic heterocycles. The first-order valence-electron chi connectivity index (χ1n) is 6.78. The van der Waals surface area contributed by atoms with E-state index in [9.17, 15) is 9.59 Å². The van der Waals surface area contributed by atoms with Crippen LogP contribution < -0.4 is 5.32 Å². The van der Waals surface area contributed by atoms with E-state index in [1.165, 1.54) is 0 Å². The zero-order valence-corrected chi connectivity index (χ0v) is 11.3. The van der Waals surface area contributed by atoms with Gasteiger partial charge in [-0.3, -0.25) is 14.5 Å². The molecule has 0 saturated heterocycles. The molecule has 18 heavy (non-hydrogen) atoms. The number of carbonyl (C=O) groups excluding carboxylic acids is 1. The maximum atomic E-state index is 11.8. The highest BCUT2D eigenvalue weighted by Gasteiger charge is 2.26. The van der Waals surface area contributed by atoms with Crippen molar-refractivity contribution in [3.05, 3.63) is 0 Å². The normalized spacial score (nSPS) is 15.1. The first-order valence-corrected chi connectivity index (χ1v) is 6.78. The van der Waals surface area contributed by atoms with E-state index in [0.29, 0.717) is 5.92 Å². The minimum absolute atomic E-state index is 0.0488. The van der Waals surface area contributed by atoms with Crippen LogP contribution in [0.5, 0.6) is 0 Å². The fourth-order valence-electron chi connectivity index (χ4n) is 2.01. The van der Waals surface area contributed by atoms with Gasteiger partial charge >= 0.3 is 5.97 Å². The van der Waals surface area contributed by atoms with Crippen LogP contribution in [0.3, 0.4) is 0 Å². The maximum Gasteiger partial charge on any atom is 0.317 e. The van der Waals surface area contributed by atoms with Gasteiger partial charge in [-0.15, -0.1) is 0 Å². The lowest BCUT2D eigenvalue weighted by Crippen LogP contribution is -2.43. The molecule has 0 heterocycles. The number of hydrogen-bond acceptors (Lipinski definition) is 3. The molecule has 0 aromatic carbocycles. The van der Waals surface area contributed by atoms with Crippen LogP contribution in [0, 0.1) is 5.92 Å². The Bertz CT molecular complexity index is 286. The molecule has 1 amide bonds. The Morgan fingerprint density at radius 2 is 1.89 bits per heavy atom. The van der Waals surface area contributed by atoms with Gasteiger partial charge in [0.1, 0.15) is 0 Å². The van der Waals surface area contributed by atoms with Gasteiger partial charge in [0, 0.05) is 12.6 Å². The zero-order valence-electron chi connectivity index (χ0n) is 11.3. The molecule has 1 aliphatic carbocycles. The van der Waals surface area contributed by atoms with Crippen LogP contribution in [-0.2, 0) is 9.59 Å². The first-order chi connectivity index (χ1) is 8.55. The SMILES string of the molecule is CCC(CC)NC(=O)CN(CC(=O)O)CC1CC1. The fraction of sp³-hybridized carbons (Fsp3) is 0.846. The summed E-state index contributed by atoms with van der Waals surface area (Å²) in [6.07, 6.45) is 4.13. The number of aliphatic carboxylic acids is 1. The summed E-state index contributed by atoms with van der Waals surface area (Å²) in [7, 11) is 0. The van der Waals surface area contributed by atoms with Crippen LogP contribution in [0.15, 0.2) is 0 Å². The Hall–Kier alpha value is -1.10. The number of carbonyl (C=O) groups is 2. The second kappa shape index (κ2) is 7.36. The summed E-state index contributed by atoms with van der Waals surface area (Å²) in [5.74, 6) is -0.345. The van der Waals surface area contributed by atoms with Crippen molar-refractivity contribution in [2.24, 2.45) is 5.92 Å². The lowest BCUT2D eigenvalue weighted by molar-refractivity contribution is -0.138. The standard InChI is InChI=1S/C13H24N2O3/c1-3-11(4-2)14-12(16)8-15(9-13(17)18)7-10-5-6-10/h10-11H,3-9H2,1-2H3,(H,14,16)(H,17,18). The number of nitrogens with one attached hydrogen (secondary N) is 1. The van der Waals surface area contributed by atoms with Gasteiger partial charge in [0.05, 0.1) is 13.1 Å². The van der Waals surface area contributed by atoms with Gasteiger partial charge in [-0.05, 0) is 31.6 Å². The molecule has 0 atom stereocenters. The smallest absolute Gasteiger partial charge is 0.317 e. The quantitative estimate of drug-likeness (QED) is 0.648. The summed E-state index contributed by atoms with van der Waals surface area (Å²) in [4.78, 5) is 24.3. The summed E-state index contributed by atoms with van der Waals surface area (Å²) in [6, 6.07) is 0.199. The minimum Gasteiger partial charge on any atom is -0.480 e. The number of hydrogen-bond donors (Lipinski definition) is 2. The third kappa shape index (κ3) is 6.00. The van der Waals surface area contributed by atoms with E-state index in [2.05, 4.69) is 5.32 Å². The summed E-state index contributed by atoms with van der Waals surface area (Å²) in [6.45, 7) is 4.94. The van der Waals surface area contributed by atoms with Gasteiger partial charge in [-0.25, -0.2) is 0 Å². The van der Waals surface area contributed by atoms with E-state index in [1.54, 1.807) is 4.90 Å². The highest BCUT2D eigenvalue weighted by Crippen LogP contribution is 2.29. The van der Waals surface area contributed by atoms with Crippen LogP contribution in [0.1, 0.15) is 39.5 Å². The number of amides is 1. The highest BCUT2D eigenvalue weighted by molar-refractivity contribution is 5.79. The van der Waals surface area contributed by atoms with E-state index in [1.807, 2.05) is 13.8 Å². The molecule has 0 aromatic heterocycles. The Morgan fingerprint density at radius 3 is 2.33 bits per heavy atom. The van der Waals surface area contributed by atoms with Gasteiger partial charge < -0.3 is 10.4 Å². The van der Waals surface area contributed by atoms with Crippen LogP contribution >= 0.6 is 0 Å².